The van der Waals surface area contributed by atoms with Gasteiger partial charge in [0.1, 0.15) is 0 Å². The first-order valence-corrected chi connectivity index (χ1v) is 6.90. The highest BCUT2D eigenvalue weighted by atomic mass is 32.1. The number of hydrogen-bond acceptors (Lipinski definition) is 5. The lowest BCUT2D eigenvalue weighted by Crippen LogP contribution is -2.48. The van der Waals surface area contributed by atoms with Crippen molar-refractivity contribution in [3.8, 4) is 0 Å². The van der Waals surface area contributed by atoms with Gasteiger partial charge in [-0.1, -0.05) is 0 Å². The summed E-state index contributed by atoms with van der Waals surface area (Å²) in [5.41, 5.74) is 5.68. The van der Waals surface area contributed by atoms with Gasteiger partial charge in [0.05, 0.1) is 12.1 Å². The van der Waals surface area contributed by atoms with E-state index in [0.717, 1.165) is 13.1 Å². The molecule has 1 aromatic heterocycles. The molecule has 0 saturated carbocycles. The Morgan fingerprint density at radius 3 is 2.74 bits per heavy atom. The van der Waals surface area contributed by atoms with Crippen LogP contribution in [0.15, 0.2) is 5.38 Å². The predicted molar refractivity (Wildman–Crippen MR) is 73.1 cm³/mol. The number of rotatable bonds is 3. The van der Waals surface area contributed by atoms with Gasteiger partial charge in [0, 0.05) is 31.6 Å². The van der Waals surface area contributed by atoms with E-state index in [1.807, 2.05) is 7.05 Å². The number of amides is 3. The summed E-state index contributed by atoms with van der Waals surface area (Å²) in [5, 5.41) is 4.97. The normalized spacial score (nSPS) is 16.4. The van der Waals surface area contributed by atoms with Crippen LogP contribution in [0.4, 0.5) is 9.93 Å². The van der Waals surface area contributed by atoms with Gasteiger partial charge >= 0.3 is 6.03 Å². The second-order valence-corrected chi connectivity index (χ2v) is 5.37. The van der Waals surface area contributed by atoms with E-state index in [1.165, 1.54) is 11.3 Å². The van der Waals surface area contributed by atoms with E-state index in [-0.39, 0.29) is 12.5 Å². The summed E-state index contributed by atoms with van der Waals surface area (Å²) in [6, 6.07) is -0.145. The Morgan fingerprint density at radius 2 is 2.11 bits per heavy atom. The Kier molecular flexibility index (Phi) is 4.33. The molecule has 1 saturated heterocycles. The topological polar surface area (TPSA) is 91.6 Å². The molecule has 1 aliphatic heterocycles. The van der Waals surface area contributed by atoms with Gasteiger partial charge < -0.3 is 15.5 Å². The quantitative estimate of drug-likeness (QED) is 0.813. The van der Waals surface area contributed by atoms with Gasteiger partial charge in [0.2, 0.25) is 5.91 Å². The number of aromatic nitrogens is 1. The monoisotopic (exact) mass is 283 g/mol. The number of likely N-dealkylation sites (N-methyl/N-ethyl adjacent to an activating group) is 1. The van der Waals surface area contributed by atoms with Crippen LogP contribution in [0.1, 0.15) is 5.69 Å². The molecular formula is C11H17N5O2S. The lowest BCUT2D eigenvalue weighted by molar-refractivity contribution is -0.117. The molecule has 0 radical (unpaired) electrons. The van der Waals surface area contributed by atoms with Crippen molar-refractivity contribution in [1.29, 1.82) is 0 Å². The maximum Gasteiger partial charge on any atom is 0.323 e. The van der Waals surface area contributed by atoms with Crippen LogP contribution in [-0.4, -0.2) is 59.9 Å². The lowest BCUT2D eigenvalue weighted by atomic mass is 10.3. The van der Waals surface area contributed by atoms with E-state index in [4.69, 9.17) is 5.73 Å². The molecule has 0 aliphatic carbocycles. The number of thiazole rings is 1. The number of piperazine rings is 1. The maximum atomic E-state index is 12.0. The molecule has 0 aromatic carbocycles. The Morgan fingerprint density at radius 1 is 1.42 bits per heavy atom. The summed E-state index contributed by atoms with van der Waals surface area (Å²) < 4.78 is 0. The number of anilines is 1. The molecule has 0 spiro atoms. The molecule has 0 unspecified atom stereocenters. The molecule has 3 amide bonds. The number of primary amides is 1. The number of nitrogens with one attached hydrogen (secondary N) is 1. The largest absolute Gasteiger partial charge is 0.369 e. The van der Waals surface area contributed by atoms with Gasteiger partial charge in [-0.25, -0.2) is 9.78 Å². The van der Waals surface area contributed by atoms with Crippen molar-refractivity contribution in [2.75, 3.05) is 38.5 Å². The maximum absolute atomic E-state index is 12.0. The molecule has 1 aliphatic rings. The average Bonchev–Trinajstić information content (AvgIpc) is 2.76. The molecule has 2 heterocycles. The summed E-state index contributed by atoms with van der Waals surface area (Å²) in [6.45, 7) is 3.17. The first kappa shape index (κ1) is 13.8. The van der Waals surface area contributed by atoms with E-state index in [2.05, 4.69) is 15.2 Å². The summed E-state index contributed by atoms with van der Waals surface area (Å²) in [6.07, 6.45) is 0.0981. The molecule has 19 heavy (non-hydrogen) atoms. The number of urea groups is 1. The Labute approximate surface area is 115 Å². The Bertz CT molecular complexity index is 467. The zero-order valence-electron chi connectivity index (χ0n) is 10.8. The van der Waals surface area contributed by atoms with Crippen molar-refractivity contribution in [3.63, 3.8) is 0 Å². The van der Waals surface area contributed by atoms with Crippen molar-refractivity contribution in [3.05, 3.63) is 11.1 Å². The van der Waals surface area contributed by atoms with E-state index in [1.54, 1.807) is 10.3 Å². The van der Waals surface area contributed by atoms with Crippen molar-refractivity contribution >= 4 is 28.4 Å². The molecule has 7 nitrogen and oxygen atoms in total. The summed E-state index contributed by atoms with van der Waals surface area (Å²) in [7, 11) is 2.03. The molecular weight excluding hydrogens is 266 g/mol. The molecule has 3 N–H and O–H groups in total. The van der Waals surface area contributed by atoms with Gasteiger partial charge in [-0.3, -0.25) is 10.1 Å². The first-order valence-electron chi connectivity index (χ1n) is 6.02. The Balaban J connectivity index is 1.88. The minimum Gasteiger partial charge on any atom is -0.369 e. The Hall–Kier alpha value is -1.67. The number of nitrogens with two attached hydrogens (primary N) is 1. The first-order chi connectivity index (χ1) is 9.04. The predicted octanol–water partition coefficient (Wildman–Crippen LogP) is -0.0498. The van der Waals surface area contributed by atoms with Gasteiger partial charge in [-0.05, 0) is 7.05 Å². The highest BCUT2D eigenvalue weighted by molar-refractivity contribution is 7.13. The van der Waals surface area contributed by atoms with Crippen molar-refractivity contribution < 1.29 is 9.59 Å². The van der Waals surface area contributed by atoms with Crippen LogP contribution in [0, 0.1) is 0 Å². The van der Waals surface area contributed by atoms with E-state index < -0.39 is 5.91 Å². The minimum atomic E-state index is -0.428. The molecule has 2 rings (SSSR count). The van der Waals surface area contributed by atoms with Crippen molar-refractivity contribution in [1.82, 2.24) is 14.8 Å². The fourth-order valence-electron chi connectivity index (χ4n) is 1.80. The molecule has 104 valence electrons. The van der Waals surface area contributed by atoms with Crippen LogP contribution in [-0.2, 0) is 11.2 Å². The second kappa shape index (κ2) is 5.98. The molecule has 1 fully saturated rings. The molecule has 0 bridgehead atoms. The number of nitrogens with zero attached hydrogens (tertiary/aromatic N) is 3. The summed E-state index contributed by atoms with van der Waals surface area (Å²) >= 11 is 1.30. The zero-order chi connectivity index (χ0) is 13.8. The van der Waals surface area contributed by atoms with Crippen LogP contribution >= 0.6 is 11.3 Å². The lowest BCUT2D eigenvalue weighted by Gasteiger charge is -2.32. The van der Waals surface area contributed by atoms with Crippen LogP contribution in [0.5, 0.6) is 0 Å². The van der Waals surface area contributed by atoms with E-state index in [9.17, 15) is 9.59 Å². The zero-order valence-corrected chi connectivity index (χ0v) is 11.6. The fraction of sp³-hybridized carbons (Fsp3) is 0.545. The molecule has 0 atom stereocenters. The van der Waals surface area contributed by atoms with E-state index >= 15 is 0 Å². The van der Waals surface area contributed by atoms with Crippen LogP contribution in [0.3, 0.4) is 0 Å². The third kappa shape index (κ3) is 3.90. The average molecular weight is 283 g/mol. The van der Waals surface area contributed by atoms with Crippen LogP contribution < -0.4 is 11.1 Å². The minimum absolute atomic E-state index is 0.0981. The van der Waals surface area contributed by atoms with Crippen LogP contribution in [0.25, 0.3) is 0 Å². The second-order valence-electron chi connectivity index (χ2n) is 4.51. The van der Waals surface area contributed by atoms with Crippen molar-refractivity contribution in [2.45, 2.75) is 6.42 Å². The third-order valence-electron chi connectivity index (χ3n) is 2.91. The highest BCUT2D eigenvalue weighted by Gasteiger charge is 2.19. The number of carbonyl (C=O) groups is 2. The fourth-order valence-corrected chi connectivity index (χ4v) is 2.50. The van der Waals surface area contributed by atoms with Gasteiger partial charge in [0.25, 0.3) is 0 Å². The van der Waals surface area contributed by atoms with Gasteiger partial charge in [-0.15, -0.1) is 11.3 Å². The van der Waals surface area contributed by atoms with Gasteiger partial charge in [0.15, 0.2) is 5.13 Å². The highest BCUT2D eigenvalue weighted by Crippen LogP contribution is 2.16. The number of hydrogen-bond donors (Lipinski definition) is 2. The smallest absolute Gasteiger partial charge is 0.323 e. The molecule has 8 heteroatoms. The van der Waals surface area contributed by atoms with E-state index in [0.29, 0.717) is 23.9 Å². The standard InChI is InChI=1S/C11H17N5O2S/c1-15-2-4-16(5-3-15)11(18)14-10-13-8(7-19-10)6-9(12)17/h7H,2-6H2,1H3,(H2,12,17)(H,13,14,18). The summed E-state index contributed by atoms with van der Waals surface area (Å²) in [4.78, 5) is 30.8. The SMILES string of the molecule is CN1CCN(C(=O)Nc2nc(CC(N)=O)cs2)CC1. The van der Waals surface area contributed by atoms with Crippen LogP contribution in [0.2, 0.25) is 0 Å². The molecule has 1 aromatic rings. The van der Waals surface area contributed by atoms with Crippen molar-refractivity contribution in [2.24, 2.45) is 5.73 Å². The van der Waals surface area contributed by atoms with Gasteiger partial charge in [-0.2, -0.15) is 0 Å². The number of carbonyl (C=O) groups excluding carboxylic acids is 2. The third-order valence-corrected chi connectivity index (χ3v) is 3.72. The summed E-state index contributed by atoms with van der Waals surface area (Å²) in [5.74, 6) is -0.428.